The van der Waals surface area contributed by atoms with E-state index >= 15 is 0 Å². The summed E-state index contributed by atoms with van der Waals surface area (Å²) < 4.78 is 13.7. The van der Waals surface area contributed by atoms with Gasteiger partial charge < -0.3 is 5.32 Å². The Kier molecular flexibility index (Phi) is 3.82. The molecular formula is C15H22FN. The summed E-state index contributed by atoms with van der Waals surface area (Å²) in [6.07, 6.45) is 3.45. The van der Waals surface area contributed by atoms with Crippen molar-refractivity contribution in [2.24, 2.45) is 11.3 Å². The van der Waals surface area contributed by atoms with Crippen LogP contribution in [0.5, 0.6) is 0 Å². The Bertz CT molecular complexity index is 373. The largest absolute Gasteiger partial charge is 0.316 e. The molecule has 94 valence electrons. The third-order valence-electron chi connectivity index (χ3n) is 3.89. The highest BCUT2D eigenvalue weighted by atomic mass is 19.1. The minimum Gasteiger partial charge on any atom is -0.316 e. The average Bonchev–Trinajstić information content (AvgIpc) is 3.14. The summed E-state index contributed by atoms with van der Waals surface area (Å²) in [6, 6.07) is 7.17. The van der Waals surface area contributed by atoms with Crippen LogP contribution in [0, 0.1) is 17.2 Å². The highest BCUT2D eigenvalue weighted by Gasteiger charge is 2.41. The normalized spacial score (nSPS) is 19.0. The third kappa shape index (κ3) is 3.06. The molecule has 2 heteroatoms. The lowest BCUT2D eigenvalue weighted by Gasteiger charge is -2.30. The highest BCUT2D eigenvalue weighted by Crippen LogP contribution is 2.47. The zero-order valence-electron chi connectivity index (χ0n) is 10.8. The number of nitrogens with one attached hydrogen (secondary N) is 1. The molecule has 1 N–H and O–H groups in total. The molecule has 1 aliphatic rings. The summed E-state index contributed by atoms with van der Waals surface area (Å²) in [5.74, 6) is 0.706. The number of hydrogen-bond acceptors (Lipinski definition) is 1. The minimum absolute atomic E-state index is 0.0594. The molecule has 0 aromatic heterocycles. The van der Waals surface area contributed by atoms with Crippen molar-refractivity contribution in [2.75, 3.05) is 13.1 Å². The van der Waals surface area contributed by atoms with Crippen LogP contribution in [0.15, 0.2) is 24.3 Å². The fraction of sp³-hybridized carbons (Fsp3) is 0.600. The van der Waals surface area contributed by atoms with Crippen molar-refractivity contribution in [3.63, 3.8) is 0 Å². The van der Waals surface area contributed by atoms with E-state index in [4.69, 9.17) is 0 Å². The molecule has 1 aromatic rings. The molecule has 0 saturated heterocycles. The molecule has 0 aliphatic heterocycles. The molecule has 2 rings (SSSR count). The van der Waals surface area contributed by atoms with Crippen LogP contribution in [0.25, 0.3) is 0 Å². The molecule has 0 spiro atoms. The third-order valence-corrected chi connectivity index (χ3v) is 3.89. The second-order valence-electron chi connectivity index (χ2n) is 5.48. The van der Waals surface area contributed by atoms with Crippen LogP contribution < -0.4 is 5.32 Å². The molecule has 1 saturated carbocycles. The van der Waals surface area contributed by atoms with Gasteiger partial charge in [-0.15, -0.1) is 0 Å². The molecule has 1 nitrogen and oxygen atoms in total. The van der Waals surface area contributed by atoms with Gasteiger partial charge in [0.05, 0.1) is 0 Å². The molecule has 0 radical (unpaired) electrons. The molecule has 1 aliphatic carbocycles. The van der Waals surface area contributed by atoms with Crippen molar-refractivity contribution in [1.82, 2.24) is 5.32 Å². The Morgan fingerprint density at radius 2 is 2.06 bits per heavy atom. The van der Waals surface area contributed by atoms with Crippen molar-refractivity contribution in [3.05, 3.63) is 35.6 Å². The summed E-state index contributed by atoms with van der Waals surface area (Å²) in [4.78, 5) is 0. The van der Waals surface area contributed by atoms with Crippen LogP contribution in [-0.2, 0) is 6.42 Å². The van der Waals surface area contributed by atoms with Crippen LogP contribution in [-0.4, -0.2) is 13.1 Å². The zero-order chi connectivity index (χ0) is 12.3. The van der Waals surface area contributed by atoms with Gasteiger partial charge in [0.1, 0.15) is 5.82 Å². The first-order valence-corrected chi connectivity index (χ1v) is 6.60. The Hall–Kier alpha value is -0.890. The van der Waals surface area contributed by atoms with E-state index in [-0.39, 0.29) is 11.2 Å². The number of hydrogen-bond donors (Lipinski definition) is 1. The SMILES string of the molecule is CCNCC(C)(Cc1ccccc1F)C1CC1. The molecule has 1 aromatic carbocycles. The van der Waals surface area contributed by atoms with Gasteiger partial charge in [-0.05, 0) is 48.8 Å². The maximum Gasteiger partial charge on any atom is 0.126 e. The molecule has 17 heavy (non-hydrogen) atoms. The van der Waals surface area contributed by atoms with E-state index in [1.807, 2.05) is 12.1 Å². The lowest BCUT2D eigenvalue weighted by molar-refractivity contribution is 0.255. The van der Waals surface area contributed by atoms with Gasteiger partial charge in [0.15, 0.2) is 0 Å². The van der Waals surface area contributed by atoms with E-state index in [0.29, 0.717) is 0 Å². The fourth-order valence-corrected chi connectivity index (χ4v) is 2.62. The predicted molar refractivity (Wildman–Crippen MR) is 69.5 cm³/mol. The van der Waals surface area contributed by atoms with E-state index < -0.39 is 0 Å². The summed E-state index contributed by atoms with van der Waals surface area (Å²) >= 11 is 0. The molecule has 0 bridgehead atoms. The molecule has 0 heterocycles. The predicted octanol–water partition coefficient (Wildman–Crippen LogP) is 3.39. The Labute approximate surface area is 103 Å². The maximum atomic E-state index is 13.7. The van der Waals surface area contributed by atoms with Crippen LogP contribution >= 0.6 is 0 Å². The van der Waals surface area contributed by atoms with Gasteiger partial charge in [0.2, 0.25) is 0 Å². The van der Waals surface area contributed by atoms with Gasteiger partial charge in [-0.1, -0.05) is 32.0 Å². The van der Waals surface area contributed by atoms with E-state index in [9.17, 15) is 4.39 Å². The molecular weight excluding hydrogens is 213 g/mol. The Morgan fingerprint density at radius 3 is 2.65 bits per heavy atom. The summed E-state index contributed by atoms with van der Waals surface area (Å²) in [5.41, 5.74) is 1.07. The Morgan fingerprint density at radius 1 is 1.35 bits per heavy atom. The van der Waals surface area contributed by atoms with E-state index in [2.05, 4.69) is 19.2 Å². The standard InChI is InChI=1S/C15H22FN/c1-3-17-11-15(2,13-8-9-13)10-12-6-4-5-7-14(12)16/h4-7,13,17H,3,8-11H2,1-2H3. The Balaban J connectivity index is 2.09. The van der Waals surface area contributed by atoms with Gasteiger partial charge in [-0.3, -0.25) is 0 Å². The average molecular weight is 235 g/mol. The van der Waals surface area contributed by atoms with Crippen LogP contribution in [0.1, 0.15) is 32.3 Å². The van der Waals surface area contributed by atoms with Crippen molar-refractivity contribution >= 4 is 0 Å². The van der Waals surface area contributed by atoms with Gasteiger partial charge in [-0.2, -0.15) is 0 Å². The van der Waals surface area contributed by atoms with Crippen molar-refractivity contribution in [3.8, 4) is 0 Å². The van der Waals surface area contributed by atoms with E-state index in [1.54, 1.807) is 12.1 Å². The van der Waals surface area contributed by atoms with Crippen molar-refractivity contribution < 1.29 is 4.39 Å². The van der Waals surface area contributed by atoms with Crippen molar-refractivity contribution in [2.45, 2.75) is 33.1 Å². The summed E-state index contributed by atoms with van der Waals surface area (Å²) in [5, 5.41) is 3.43. The maximum absolute atomic E-state index is 13.7. The second kappa shape index (κ2) is 5.18. The van der Waals surface area contributed by atoms with Crippen molar-refractivity contribution in [1.29, 1.82) is 0 Å². The van der Waals surface area contributed by atoms with Gasteiger partial charge in [-0.25, -0.2) is 4.39 Å². The van der Waals surface area contributed by atoms with Crippen LogP contribution in [0.2, 0.25) is 0 Å². The lowest BCUT2D eigenvalue weighted by Crippen LogP contribution is -2.35. The monoisotopic (exact) mass is 235 g/mol. The first kappa shape index (κ1) is 12.6. The second-order valence-corrected chi connectivity index (χ2v) is 5.48. The van der Waals surface area contributed by atoms with Crippen LogP contribution in [0.4, 0.5) is 4.39 Å². The van der Waals surface area contributed by atoms with Gasteiger partial charge >= 0.3 is 0 Å². The number of benzene rings is 1. The molecule has 1 unspecified atom stereocenters. The lowest BCUT2D eigenvalue weighted by atomic mass is 9.78. The zero-order valence-corrected chi connectivity index (χ0v) is 10.8. The number of halogens is 1. The van der Waals surface area contributed by atoms with Gasteiger partial charge in [0, 0.05) is 6.54 Å². The van der Waals surface area contributed by atoms with E-state index in [1.165, 1.54) is 12.8 Å². The topological polar surface area (TPSA) is 12.0 Å². The quantitative estimate of drug-likeness (QED) is 0.797. The number of rotatable bonds is 6. The smallest absolute Gasteiger partial charge is 0.126 e. The first-order chi connectivity index (χ1) is 8.15. The summed E-state index contributed by atoms with van der Waals surface area (Å²) in [7, 11) is 0. The molecule has 0 amide bonds. The first-order valence-electron chi connectivity index (χ1n) is 6.60. The van der Waals surface area contributed by atoms with E-state index in [0.717, 1.165) is 31.0 Å². The van der Waals surface area contributed by atoms with Gasteiger partial charge in [0.25, 0.3) is 0 Å². The molecule has 1 fully saturated rings. The van der Waals surface area contributed by atoms with Crippen LogP contribution in [0.3, 0.4) is 0 Å². The molecule has 1 atom stereocenters. The summed E-state index contributed by atoms with van der Waals surface area (Å²) in [6.45, 7) is 6.39. The fourth-order valence-electron chi connectivity index (χ4n) is 2.62. The minimum atomic E-state index is -0.0594. The highest BCUT2D eigenvalue weighted by molar-refractivity contribution is 5.19.